The number of hydrogen-bond donors (Lipinski definition) is 2. The SMILES string of the molecule is CC(=O)SC1CC(=O)N(C[C@H](O)C(=O)O)C1. The number of rotatable bonds is 4. The van der Waals surface area contributed by atoms with Gasteiger partial charge in [-0.1, -0.05) is 11.8 Å². The molecule has 6 nitrogen and oxygen atoms in total. The fourth-order valence-electron chi connectivity index (χ4n) is 1.51. The first kappa shape index (κ1) is 13.0. The first-order valence-corrected chi connectivity index (χ1v) is 5.64. The fraction of sp³-hybridized carbons (Fsp3) is 0.667. The molecule has 1 fully saturated rings. The third-order valence-corrected chi connectivity index (χ3v) is 3.17. The third kappa shape index (κ3) is 3.49. The van der Waals surface area contributed by atoms with E-state index in [9.17, 15) is 14.4 Å². The molecule has 0 aromatic rings. The van der Waals surface area contributed by atoms with Gasteiger partial charge in [0.25, 0.3) is 0 Å². The van der Waals surface area contributed by atoms with Crippen LogP contribution in [-0.2, 0) is 14.4 Å². The molecule has 0 saturated carbocycles. The summed E-state index contributed by atoms with van der Waals surface area (Å²) in [6, 6.07) is 0. The van der Waals surface area contributed by atoms with Gasteiger partial charge in [-0.2, -0.15) is 0 Å². The number of aliphatic carboxylic acids is 1. The summed E-state index contributed by atoms with van der Waals surface area (Å²) in [5, 5.41) is 17.4. The number of aliphatic hydroxyl groups excluding tert-OH is 1. The molecule has 1 unspecified atom stereocenters. The Kier molecular flexibility index (Phi) is 4.31. The number of β-amino-alcohol motifs (C(OH)–C–C–N with tert-alkyl or cyclic N) is 1. The largest absolute Gasteiger partial charge is 0.479 e. The molecule has 0 aromatic heterocycles. The molecule has 0 bridgehead atoms. The summed E-state index contributed by atoms with van der Waals surface area (Å²) in [4.78, 5) is 33.9. The van der Waals surface area contributed by atoms with Gasteiger partial charge in [0.15, 0.2) is 11.2 Å². The summed E-state index contributed by atoms with van der Waals surface area (Å²) < 4.78 is 0. The van der Waals surface area contributed by atoms with E-state index in [-0.39, 0.29) is 29.2 Å². The second kappa shape index (κ2) is 5.31. The van der Waals surface area contributed by atoms with Crippen LogP contribution in [0.15, 0.2) is 0 Å². The number of amides is 1. The lowest BCUT2D eigenvalue weighted by Gasteiger charge is -2.17. The van der Waals surface area contributed by atoms with E-state index in [0.717, 1.165) is 11.8 Å². The predicted molar refractivity (Wildman–Crippen MR) is 56.9 cm³/mol. The summed E-state index contributed by atoms with van der Waals surface area (Å²) in [5.41, 5.74) is 0. The standard InChI is InChI=1S/C9H13NO5S/c1-5(11)16-6-2-8(13)10(3-6)4-7(12)9(14)15/h6-7,12H,2-4H2,1H3,(H,14,15)/t6?,7-/m0/s1. The van der Waals surface area contributed by atoms with Crippen LogP contribution >= 0.6 is 11.8 Å². The topological polar surface area (TPSA) is 94.9 Å². The molecule has 0 aromatic carbocycles. The van der Waals surface area contributed by atoms with Gasteiger partial charge in [-0.05, 0) is 0 Å². The summed E-state index contributed by atoms with van der Waals surface area (Å²) in [7, 11) is 0. The van der Waals surface area contributed by atoms with Gasteiger partial charge in [-0.3, -0.25) is 9.59 Å². The molecule has 1 saturated heterocycles. The van der Waals surface area contributed by atoms with Gasteiger partial charge >= 0.3 is 5.97 Å². The molecule has 90 valence electrons. The Morgan fingerprint density at radius 3 is 2.75 bits per heavy atom. The van der Waals surface area contributed by atoms with E-state index in [2.05, 4.69) is 0 Å². The van der Waals surface area contributed by atoms with Crippen LogP contribution in [0, 0.1) is 0 Å². The van der Waals surface area contributed by atoms with Gasteiger partial charge in [-0.25, -0.2) is 4.79 Å². The van der Waals surface area contributed by atoms with Gasteiger partial charge in [0.05, 0.1) is 6.54 Å². The Morgan fingerprint density at radius 1 is 1.62 bits per heavy atom. The second-order valence-corrected chi connectivity index (χ2v) is 5.07. The smallest absolute Gasteiger partial charge is 0.334 e. The molecular weight excluding hydrogens is 234 g/mol. The number of carboxylic acid groups (broad SMARTS) is 1. The number of aliphatic hydroxyl groups is 1. The highest BCUT2D eigenvalue weighted by Crippen LogP contribution is 2.24. The van der Waals surface area contributed by atoms with Crippen molar-refractivity contribution in [2.45, 2.75) is 24.7 Å². The number of carbonyl (C=O) groups excluding carboxylic acids is 2. The molecule has 2 atom stereocenters. The molecule has 1 rings (SSSR count). The molecule has 0 aliphatic carbocycles. The third-order valence-electron chi connectivity index (χ3n) is 2.19. The summed E-state index contributed by atoms with van der Waals surface area (Å²) >= 11 is 1.07. The van der Waals surface area contributed by atoms with Crippen molar-refractivity contribution in [3.05, 3.63) is 0 Å². The van der Waals surface area contributed by atoms with Crippen LogP contribution in [0.3, 0.4) is 0 Å². The molecule has 1 aliphatic heterocycles. The van der Waals surface area contributed by atoms with Crippen molar-refractivity contribution in [2.24, 2.45) is 0 Å². The van der Waals surface area contributed by atoms with E-state index in [1.165, 1.54) is 11.8 Å². The number of hydrogen-bond acceptors (Lipinski definition) is 5. The normalized spacial score (nSPS) is 22.2. The average molecular weight is 247 g/mol. The molecule has 0 radical (unpaired) electrons. The molecule has 7 heteroatoms. The maximum Gasteiger partial charge on any atom is 0.334 e. The first-order valence-electron chi connectivity index (χ1n) is 4.76. The van der Waals surface area contributed by atoms with E-state index in [0.29, 0.717) is 6.54 Å². The number of carboxylic acids is 1. The van der Waals surface area contributed by atoms with Crippen molar-refractivity contribution in [3.63, 3.8) is 0 Å². The molecular formula is C9H13NO5S. The van der Waals surface area contributed by atoms with E-state index in [1.807, 2.05) is 0 Å². The number of carbonyl (C=O) groups is 3. The summed E-state index contributed by atoms with van der Waals surface area (Å²) in [5.74, 6) is -1.57. The quantitative estimate of drug-likeness (QED) is 0.683. The van der Waals surface area contributed by atoms with Crippen molar-refractivity contribution < 1.29 is 24.6 Å². The monoisotopic (exact) mass is 247 g/mol. The summed E-state index contributed by atoms with van der Waals surface area (Å²) in [6.07, 6.45) is -1.35. The van der Waals surface area contributed by atoms with Gasteiger partial charge in [0, 0.05) is 25.1 Å². The zero-order chi connectivity index (χ0) is 12.3. The molecule has 0 spiro atoms. The maximum absolute atomic E-state index is 11.4. The van der Waals surface area contributed by atoms with Crippen LogP contribution < -0.4 is 0 Å². The van der Waals surface area contributed by atoms with E-state index in [1.54, 1.807) is 0 Å². The van der Waals surface area contributed by atoms with Crippen LogP contribution in [0.1, 0.15) is 13.3 Å². The van der Waals surface area contributed by atoms with Crippen molar-refractivity contribution in [1.29, 1.82) is 0 Å². The lowest BCUT2D eigenvalue weighted by molar-refractivity contribution is -0.148. The first-order chi connectivity index (χ1) is 7.40. The van der Waals surface area contributed by atoms with Crippen LogP contribution in [0.5, 0.6) is 0 Å². The molecule has 16 heavy (non-hydrogen) atoms. The Balaban J connectivity index is 2.48. The van der Waals surface area contributed by atoms with Crippen molar-refractivity contribution in [3.8, 4) is 0 Å². The van der Waals surface area contributed by atoms with E-state index < -0.39 is 12.1 Å². The lowest BCUT2D eigenvalue weighted by Crippen LogP contribution is -2.37. The maximum atomic E-state index is 11.4. The van der Waals surface area contributed by atoms with Crippen LogP contribution in [0.4, 0.5) is 0 Å². The minimum Gasteiger partial charge on any atom is -0.479 e. The number of nitrogens with zero attached hydrogens (tertiary/aromatic N) is 1. The number of thioether (sulfide) groups is 1. The van der Waals surface area contributed by atoms with Gasteiger partial charge in [0.1, 0.15) is 0 Å². The van der Waals surface area contributed by atoms with Crippen molar-refractivity contribution >= 4 is 28.8 Å². The second-order valence-electron chi connectivity index (χ2n) is 3.59. The Bertz CT molecular complexity index is 319. The van der Waals surface area contributed by atoms with Crippen LogP contribution in [0.25, 0.3) is 0 Å². The van der Waals surface area contributed by atoms with Crippen LogP contribution in [0.2, 0.25) is 0 Å². The van der Waals surface area contributed by atoms with Gasteiger partial charge in [-0.15, -0.1) is 0 Å². The minimum absolute atomic E-state index is 0.0709. The van der Waals surface area contributed by atoms with Gasteiger partial charge < -0.3 is 15.1 Å². The highest BCUT2D eigenvalue weighted by Gasteiger charge is 2.33. The van der Waals surface area contributed by atoms with E-state index >= 15 is 0 Å². The zero-order valence-electron chi connectivity index (χ0n) is 8.75. The highest BCUT2D eigenvalue weighted by atomic mass is 32.2. The molecule has 2 N–H and O–H groups in total. The van der Waals surface area contributed by atoms with Crippen molar-refractivity contribution in [2.75, 3.05) is 13.1 Å². The fourth-order valence-corrected chi connectivity index (χ4v) is 2.46. The Labute approximate surface area is 96.6 Å². The molecule has 1 amide bonds. The average Bonchev–Trinajstić information content (AvgIpc) is 2.45. The lowest BCUT2D eigenvalue weighted by atomic mass is 10.3. The molecule has 1 aliphatic rings. The Morgan fingerprint density at radius 2 is 2.25 bits per heavy atom. The highest BCUT2D eigenvalue weighted by molar-refractivity contribution is 8.14. The minimum atomic E-state index is -1.56. The van der Waals surface area contributed by atoms with E-state index in [4.69, 9.17) is 10.2 Å². The Hall–Kier alpha value is -1.08. The van der Waals surface area contributed by atoms with Crippen molar-refractivity contribution in [1.82, 2.24) is 4.90 Å². The zero-order valence-corrected chi connectivity index (χ0v) is 9.57. The molecule has 1 heterocycles. The predicted octanol–water partition coefficient (Wildman–Crippen LogP) is -0.688. The van der Waals surface area contributed by atoms with Crippen LogP contribution in [-0.4, -0.2) is 56.5 Å². The summed E-state index contributed by atoms with van der Waals surface area (Å²) in [6.45, 7) is 1.51. The van der Waals surface area contributed by atoms with Gasteiger partial charge in [0.2, 0.25) is 5.91 Å². The number of likely N-dealkylation sites (tertiary alicyclic amines) is 1.